The van der Waals surface area contributed by atoms with Crippen molar-refractivity contribution < 1.29 is 31.8 Å². The van der Waals surface area contributed by atoms with E-state index in [0.717, 1.165) is 0 Å². The van der Waals surface area contributed by atoms with Crippen molar-refractivity contribution in [3.63, 3.8) is 0 Å². The highest BCUT2D eigenvalue weighted by Crippen LogP contribution is 2.26. The van der Waals surface area contributed by atoms with Crippen LogP contribution < -0.4 is 4.74 Å². The summed E-state index contributed by atoms with van der Waals surface area (Å²) in [6.45, 7) is -0.0247. The molecule has 0 amide bonds. The molecular formula is C12H10F4O3. The van der Waals surface area contributed by atoms with E-state index in [2.05, 4.69) is 4.74 Å². The second-order valence-electron chi connectivity index (χ2n) is 4.11. The van der Waals surface area contributed by atoms with Gasteiger partial charge in [-0.15, -0.1) is 0 Å². The van der Waals surface area contributed by atoms with Gasteiger partial charge in [0.15, 0.2) is 23.2 Å². The molecule has 3 nitrogen and oxygen atoms in total. The zero-order valence-corrected chi connectivity index (χ0v) is 9.72. The SMILES string of the molecule is O=C(COc1c(F)c(F)cc(F)c1F)C1CCOC1. The number of ketones is 1. The summed E-state index contributed by atoms with van der Waals surface area (Å²) in [7, 11) is 0. The molecule has 0 radical (unpaired) electrons. The molecule has 0 spiro atoms. The Hall–Kier alpha value is -1.63. The average molecular weight is 278 g/mol. The minimum absolute atomic E-state index is 0.0736. The van der Waals surface area contributed by atoms with E-state index in [1.54, 1.807) is 0 Å². The summed E-state index contributed by atoms with van der Waals surface area (Å²) < 4.78 is 61.8. The van der Waals surface area contributed by atoms with Gasteiger partial charge in [0, 0.05) is 18.6 Å². The number of carbonyl (C=O) groups is 1. The summed E-state index contributed by atoms with van der Waals surface area (Å²) in [4.78, 5) is 11.6. The van der Waals surface area contributed by atoms with Gasteiger partial charge < -0.3 is 9.47 Å². The molecule has 1 aromatic rings. The molecule has 0 aliphatic carbocycles. The predicted octanol–water partition coefficient (Wildman–Crippen LogP) is 2.23. The van der Waals surface area contributed by atoms with Gasteiger partial charge in [0.25, 0.3) is 0 Å². The smallest absolute Gasteiger partial charge is 0.203 e. The summed E-state index contributed by atoms with van der Waals surface area (Å²) in [5.41, 5.74) is 0. The molecule has 104 valence electrons. The van der Waals surface area contributed by atoms with Crippen molar-refractivity contribution in [2.24, 2.45) is 5.92 Å². The summed E-state index contributed by atoms with van der Waals surface area (Å²) in [6.07, 6.45) is 0.491. The molecule has 2 rings (SSSR count). The second kappa shape index (κ2) is 5.56. The molecular weight excluding hydrogens is 268 g/mol. The van der Waals surface area contributed by atoms with E-state index >= 15 is 0 Å². The summed E-state index contributed by atoms with van der Waals surface area (Å²) >= 11 is 0. The monoisotopic (exact) mass is 278 g/mol. The lowest BCUT2D eigenvalue weighted by Gasteiger charge is -2.10. The lowest BCUT2D eigenvalue weighted by molar-refractivity contribution is -0.124. The fraction of sp³-hybridized carbons (Fsp3) is 0.417. The molecule has 1 unspecified atom stereocenters. The Labute approximate surface area is 106 Å². The number of halogens is 4. The van der Waals surface area contributed by atoms with Crippen LogP contribution in [0.1, 0.15) is 6.42 Å². The van der Waals surface area contributed by atoms with Crippen molar-refractivity contribution >= 4 is 5.78 Å². The first-order chi connectivity index (χ1) is 9.00. The number of rotatable bonds is 4. The van der Waals surface area contributed by atoms with Crippen LogP contribution in [0.3, 0.4) is 0 Å². The van der Waals surface area contributed by atoms with E-state index in [0.29, 0.717) is 13.0 Å². The van der Waals surface area contributed by atoms with Crippen molar-refractivity contribution in [1.29, 1.82) is 0 Å². The van der Waals surface area contributed by atoms with Crippen LogP contribution in [0.2, 0.25) is 0 Å². The Bertz CT molecular complexity index is 472. The molecule has 1 atom stereocenters. The van der Waals surface area contributed by atoms with Gasteiger partial charge in [-0.05, 0) is 6.42 Å². The van der Waals surface area contributed by atoms with Crippen LogP contribution in [0.25, 0.3) is 0 Å². The van der Waals surface area contributed by atoms with E-state index in [9.17, 15) is 22.4 Å². The van der Waals surface area contributed by atoms with Crippen LogP contribution in [0.4, 0.5) is 17.6 Å². The van der Waals surface area contributed by atoms with E-state index in [1.165, 1.54) is 0 Å². The minimum Gasteiger partial charge on any atom is -0.480 e. The van der Waals surface area contributed by atoms with E-state index in [4.69, 9.17) is 4.74 Å². The molecule has 19 heavy (non-hydrogen) atoms. The number of benzene rings is 1. The molecule has 1 saturated heterocycles. The van der Waals surface area contributed by atoms with Gasteiger partial charge >= 0.3 is 0 Å². The Morgan fingerprint density at radius 1 is 1.26 bits per heavy atom. The molecule has 1 fully saturated rings. The molecule has 1 aromatic carbocycles. The topological polar surface area (TPSA) is 35.5 Å². The van der Waals surface area contributed by atoms with Crippen LogP contribution >= 0.6 is 0 Å². The third-order valence-electron chi connectivity index (χ3n) is 2.82. The minimum atomic E-state index is -1.66. The Morgan fingerprint density at radius 2 is 1.89 bits per heavy atom. The summed E-state index contributed by atoms with van der Waals surface area (Å²) in [5, 5.41) is 0. The Morgan fingerprint density at radius 3 is 2.42 bits per heavy atom. The fourth-order valence-corrected chi connectivity index (χ4v) is 1.73. The van der Waals surface area contributed by atoms with E-state index in [-0.39, 0.29) is 12.7 Å². The predicted molar refractivity (Wildman–Crippen MR) is 55.7 cm³/mol. The van der Waals surface area contributed by atoms with Crippen LogP contribution in [0.5, 0.6) is 5.75 Å². The quantitative estimate of drug-likeness (QED) is 0.626. The van der Waals surface area contributed by atoms with Gasteiger partial charge in [0.2, 0.25) is 11.6 Å². The lowest BCUT2D eigenvalue weighted by atomic mass is 10.0. The maximum absolute atomic E-state index is 13.2. The molecule has 0 bridgehead atoms. The number of Topliss-reactive ketones (excluding diaryl/α,β-unsaturated/α-hetero) is 1. The van der Waals surface area contributed by atoms with Crippen molar-refractivity contribution in [2.45, 2.75) is 6.42 Å². The van der Waals surface area contributed by atoms with E-state index < -0.39 is 47.3 Å². The first-order valence-electron chi connectivity index (χ1n) is 5.57. The number of ether oxygens (including phenoxy) is 2. The highest BCUT2D eigenvalue weighted by atomic mass is 19.2. The molecule has 0 N–H and O–H groups in total. The van der Waals surface area contributed by atoms with Crippen molar-refractivity contribution in [3.05, 3.63) is 29.3 Å². The molecule has 7 heteroatoms. The van der Waals surface area contributed by atoms with Crippen LogP contribution in [0.15, 0.2) is 6.07 Å². The fourth-order valence-electron chi connectivity index (χ4n) is 1.73. The lowest BCUT2D eigenvalue weighted by Crippen LogP contribution is -2.22. The first kappa shape index (κ1) is 13.8. The molecule has 0 aromatic heterocycles. The normalized spacial score (nSPS) is 18.6. The maximum Gasteiger partial charge on any atom is 0.203 e. The van der Waals surface area contributed by atoms with Gasteiger partial charge in [-0.3, -0.25) is 4.79 Å². The van der Waals surface area contributed by atoms with Crippen LogP contribution in [-0.4, -0.2) is 25.6 Å². The summed E-state index contributed by atoms with van der Waals surface area (Å²) in [5.74, 6) is -8.53. The third-order valence-corrected chi connectivity index (χ3v) is 2.82. The standard InChI is InChI=1S/C12H10F4O3/c13-7-3-8(14)11(16)12(10(7)15)19-5-9(17)6-1-2-18-4-6/h3,6H,1-2,4-5H2. The van der Waals surface area contributed by atoms with Gasteiger partial charge in [0.05, 0.1) is 6.61 Å². The van der Waals surface area contributed by atoms with Gasteiger partial charge in [-0.1, -0.05) is 0 Å². The molecule has 1 heterocycles. The number of hydrogen-bond acceptors (Lipinski definition) is 3. The van der Waals surface area contributed by atoms with Crippen molar-refractivity contribution in [1.82, 2.24) is 0 Å². The number of carbonyl (C=O) groups excluding carboxylic acids is 1. The Balaban J connectivity index is 2.09. The average Bonchev–Trinajstić information content (AvgIpc) is 2.90. The largest absolute Gasteiger partial charge is 0.480 e. The summed E-state index contributed by atoms with van der Waals surface area (Å²) in [6, 6.07) is 0.0736. The molecule has 0 saturated carbocycles. The third kappa shape index (κ3) is 2.86. The first-order valence-corrected chi connectivity index (χ1v) is 5.57. The highest BCUT2D eigenvalue weighted by molar-refractivity contribution is 5.82. The molecule has 1 aliphatic rings. The maximum atomic E-state index is 13.2. The van der Waals surface area contributed by atoms with Crippen molar-refractivity contribution in [2.75, 3.05) is 19.8 Å². The zero-order chi connectivity index (χ0) is 14.0. The van der Waals surface area contributed by atoms with Crippen LogP contribution in [0, 0.1) is 29.2 Å². The van der Waals surface area contributed by atoms with Gasteiger partial charge in [0.1, 0.15) is 6.61 Å². The van der Waals surface area contributed by atoms with E-state index in [1.807, 2.05) is 0 Å². The zero-order valence-electron chi connectivity index (χ0n) is 9.72. The van der Waals surface area contributed by atoms with Crippen molar-refractivity contribution in [3.8, 4) is 5.75 Å². The van der Waals surface area contributed by atoms with Gasteiger partial charge in [-0.25, -0.2) is 8.78 Å². The second-order valence-corrected chi connectivity index (χ2v) is 4.11. The Kier molecular flexibility index (Phi) is 4.04. The molecule has 1 aliphatic heterocycles. The van der Waals surface area contributed by atoms with Crippen LogP contribution in [-0.2, 0) is 9.53 Å². The highest BCUT2D eigenvalue weighted by Gasteiger charge is 2.26. The number of hydrogen-bond donors (Lipinski definition) is 0. The van der Waals surface area contributed by atoms with Gasteiger partial charge in [-0.2, -0.15) is 8.78 Å².